The van der Waals surface area contributed by atoms with E-state index >= 15 is 0 Å². The molecule has 0 saturated carbocycles. The van der Waals surface area contributed by atoms with Gasteiger partial charge in [0.2, 0.25) is 5.91 Å². The van der Waals surface area contributed by atoms with Crippen LogP contribution >= 0.6 is 0 Å². The average Bonchev–Trinajstić information content (AvgIpc) is 3.40. The summed E-state index contributed by atoms with van der Waals surface area (Å²) in [6.45, 7) is 2.25. The summed E-state index contributed by atoms with van der Waals surface area (Å²) in [4.78, 5) is 35.0. The number of unbranched alkanes of at least 4 members (excludes halogenated alkanes) is 8. The monoisotopic (exact) mass is 377 g/mol. The molecular formula is C22H35NO4. The van der Waals surface area contributed by atoms with E-state index < -0.39 is 0 Å². The van der Waals surface area contributed by atoms with Crippen molar-refractivity contribution in [1.29, 1.82) is 0 Å². The summed E-state index contributed by atoms with van der Waals surface area (Å²) in [6.07, 6.45) is 16.2. The van der Waals surface area contributed by atoms with Crippen molar-refractivity contribution in [1.82, 2.24) is 5.32 Å². The molecule has 2 unspecified atom stereocenters. The number of hydrogen-bond acceptors (Lipinski definition) is 4. The number of rotatable bonds is 14. The molecule has 0 bridgehead atoms. The highest BCUT2D eigenvalue weighted by Gasteiger charge is 2.37. The normalized spacial score (nSPS) is 21.9. The minimum absolute atomic E-state index is 0.101. The first-order valence-electron chi connectivity index (χ1n) is 10.8. The van der Waals surface area contributed by atoms with Crippen LogP contribution in [0.5, 0.6) is 0 Å². The van der Waals surface area contributed by atoms with Crippen molar-refractivity contribution in [2.75, 3.05) is 0 Å². The number of Topliss-reactive ketones (excluding diaryl/α,β-unsaturated/α-hetero) is 1. The highest BCUT2D eigenvalue weighted by Crippen LogP contribution is 2.31. The molecular weight excluding hydrogens is 342 g/mol. The molecule has 0 aromatic rings. The molecule has 2 rings (SSSR count). The maximum atomic E-state index is 12.0. The lowest BCUT2D eigenvalue weighted by atomic mass is 10.0. The average molecular weight is 378 g/mol. The van der Waals surface area contributed by atoms with Crippen LogP contribution in [-0.2, 0) is 19.1 Å². The highest BCUT2D eigenvalue weighted by atomic mass is 16.6. The minimum atomic E-state index is -0.207. The summed E-state index contributed by atoms with van der Waals surface area (Å²) in [6, 6.07) is 0. The van der Waals surface area contributed by atoms with E-state index in [4.69, 9.17) is 4.74 Å². The molecule has 5 nitrogen and oxygen atoms in total. The van der Waals surface area contributed by atoms with E-state index in [1.807, 2.05) is 0 Å². The van der Waals surface area contributed by atoms with Gasteiger partial charge >= 0.3 is 0 Å². The molecule has 1 N–H and O–H groups in total. The number of carbonyl (C=O) groups excluding carboxylic acids is 3. The number of epoxide rings is 1. The van der Waals surface area contributed by atoms with Crippen LogP contribution in [0.1, 0.15) is 96.8 Å². The zero-order valence-corrected chi connectivity index (χ0v) is 16.8. The number of nitrogens with one attached hydrogen (secondary N) is 1. The van der Waals surface area contributed by atoms with E-state index in [1.165, 1.54) is 63.9 Å². The second kappa shape index (κ2) is 12.1. The van der Waals surface area contributed by atoms with Gasteiger partial charge in [-0.1, -0.05) is 64.7 Å². The van der Waals surface area contributed by atoms with Gasteiger partial charge < -0.3 is 10.1 Å². The topological polar surface area (TPSA) is 75.8 Å². The SMILES string of the molecule is CCCCCCCCCCCC1OC1CCC(=O)NC1=CC(=O)CCC1=O. The van der Waals surface area contributed by atoms with E-state index in [9.17, 15) is 14.4 Å². The number of ether oxygens (including phenoxy) is 1. The predicted octanol–water partition coefficient (Wildman–Crippen LogP) is 4.39. The van der Waals surface area contributed by atoms with Crippen LogP contribution in [0.4, 0.5) is 0 Å². The highest BCUT2D eigenvalue weighted by molar-refractivity contribution is 6.09. The Labute approximate surface area is 163 Å². The lowest BCUT2D eigenvalue weighted by molar-refractivity contribution is -0.124. The molecule has 1 heterocycles. The van der Waals surface area contributed by atoms with Crippen LogP contribution in [0.3, 0.4) is 0 Å². The maximum absolute atomic E-state index is 12.0. The molecule has 2 aliphatic rings. The van der Waals surface area contributed by atoms with Crippen LogP contribution in [0, 0.1) is 0 Å². The zero-order chi connectivity index (χ0) is 19.5. The zero-order valence-electron chi connectivity index (χ0n) is 16.8. The predicted molar refractivity (Wildman–Crippen MR) is 105 cm³/mol. The van der Waals surface area contributed by atoms with E-state index in [0.29, 0.717) is 18.9 Å². The number of amides is 1. The summed E-state index contributed by atoms with van der Waals surface area (Å²) < 4.78 is 5.65. The Balaban J connectivity index is 1.45. The Hall–Kier alpha value is -1.49. The van der Waals surface area contributed by atoms with Gasteiger partial charge in [0.05, 0.1) is 17.9 Å². The first-order valence-corrected chi connectivity index (χ1v) is 10.8. The molecule has 1 aliphatic heterocycles. The Morgan fingerprint density at radius 2 is 1.59 bits per heavy atom. The largest absolute Gasteiger partial charge is 0.370 e. The molecule has 0 aromatic heterocycles. The first kappa shape index (κ1) is 21.8. The standard InChI is InChI=1S/C22H35NO4/c1-2-3-4-5-6-7-8-9-10-11-20-21(27-20)14-15-22(26)23-18-16-17(24)12-13-19(18)25/h16,20-21H,2-15H2,1H3,(H,23,26). The fourth-order valence-electron chi connectivity index (χ4n) is 3.62. The van der Waals surface area contributed by atoms with Crippen molar-refractivity contribution in [3.63, 3.8) is 0 Å². The van der Waals surface area contributed by atoms with Gasteiger partial charge in [0.1, 0.15) is 0 Å². The molecule has 1 amide bonds. The van der Waals surface area contributed by atoms with E-state index in [2.05, 4.69) is 12.2 Å². The van der Waals surface area contributed by atoms with E-state index in [1.54, 1.807) is 0 Å². The lowest BCUT2D eigenvalue weighted by Gasteiger charge is -2.11. The van der Waals surface area contributed by atoms with Gasteiger partial charge in [-0.05, 0) is 12.8 Å². The van der Waals surface area contributed by atoms with E-state index in [0.717, 1.165) is 6.42 Å². The fourth-order valence-corrected chi connectivity index (χ4v) is 3.62. The van der Waals surface area contributed by atoms with Gasteiger partial charge in [0, 0.05) is 25.3 Å². The van der Waals surface area contributed by atoms with Gasteiger partial charge in [-0.25, -0.2) is 0 Å². The number of allylic oxidation sites excluding steroid dienone is 2. The third-order valence-electron chi connectivity index (χ3n) is 5.41. The van der Waals surface area contributed by atoms with Gasteiger partial charge in [-0.15, -0.1) is 0 Å². The third kappa shape index (κ3) is 8.83. The van der Waals surface area contributed by atoms with Crippen LogP contribution in [0.15, 0.2) is 11.8 Å². The smallest absolute Gasteiger partial charge is 0.224 e. The summed E-state index contributed by atoms with van der Waals surface area (Å²) in [5, 5.41) is 2.58. The first-order chi connectivity index (χ1) is 13.1. The number of hydrogen-bond donors (Lipinski definition) is 1. The van der Waals surface area contributed by atoms with Crippen LogP contribution in [0.2, 0.25) is 0 Å². The van der Waals surface area contributed by atoms with Crippen molar-refractivity contribution >= 4 is 17.5 Å². The van der Waals surface area contributed by atoms with Crippen molar-refractivity contribution < 1.29 is 19.1 Å². The minimum Gasteiger partial charge on any atom is -0.370 e. The second-order valence-electron chi connectivity index (χ2n) is 7.86. The maximum Gasteiger partial charge on any atom is 0.224 e. The van der Waals surface area contributed by atoms with Crippen molar-refractivity contribution in [3.8, 4) is 0 Å². The third-order valence-corrected chi connectivity index (χ3v) is 5.41. The molecule has 0 spiro atoms. The summed E-state index contributed by atoms with van der Waals surface area (Å²) in [7, 11) is 0. The number of carbonyl (C=O) groups is 3. The summed E-state index contributed by atoms with van der Waals surface area (Å²) in [5.41, 5.74) is 0.152. The lowest BCUT2D eigenvalue weighted by Crippen LogP contribution is -2.30. The van der Waals surface area contributed by atoms with Gasteiger partial charge in [-0.3, -0.25) is 14.4 Å². The Kier molecular flexibility index (Phi) is 9.74. The molecule has 0 aromatic carbocycles. The van der Waals surface area contributed by atoms with Crippen molar-refractivity contribution in [2.45, 2.75) is 109 Å². The quantitative estimate of drug-likeness (QED) is 0.360. The Morgan fingerprint density at radius 3 is 2.30 bits per heavy atom. The molecule has 27 heavy (non-hydrogen) atoms. The summed E-state index contributed by atoms with van der Waals surface area (Å²) >= 11 is 0. The molecule has 5 heteroatoms. The number of ketones is 2. The van der Waals surface area contributed by atoms with Gasteiger partial charge in [-0.2, -0.15) is 0 Å². The van der Waals surface area contributed by atoms with Crippen LogP contribution in [-0.4, -0.2) is 29.7 Å². The van der Waals surface area contributed by atoms with Crippen LogP contribution in [0.25, 0.3) is 0 Å². The van der Waals surface area contributed by atoms with Crippen molar-refractivity contribution in [2.24, 2.45) is 0 Å². The fraction of sp³-hybridized carbons (Fsp3) is 0.773. The molecule has 152 valence electrons. The molecule has 2 atom stereocenters. The molecule has 1 aliphatic carbocycles. The van der Waals surface area contributed by atoms with E-state index in [-0.39, 0.29) is 42.1 Å². The summed E-state index contributed by atoms with van der Waals surface area (Å²) in [5.74, 6) is -0.466. The Bertz CT molecular complexity index is 540. The molecule has 1 fully saturated rings. The van der Waals surface area contributed by atoms with Gasteiger partial charge in [0.25, 0.3) is 0 Å². The van der Waals surface area contributed by atoms with Gasteiger partial charge in [0.15, 0.2) is 11.6 Å². The van der Waals surface area contributed by atoms with Crippen LogP contribution < -0.4 is 5.32 Å². The molecule has 0 radical (unpaired) electrons. The van der Waals surface area contributed by atoms with Crippen molar-refractivity contribution in [3.05, 3.63) is 11.8 Å². The Morgan fingerprint density at radius 1 is 0.963 bits per heavy atom. The second-order valence-corrected chi connectivity index (χ2v) is 7.86. The molecule has 1 saturated heterocycles.